The minimum Gasteiger partial charge on any atom is -0.469 e. The maximum atomic E-state index is 10.9. The maximum Gasteiger partial charge on any atom is 0.305 e. The van der Waals surface area contributed by atoms with Crippen molar-refractivity contribution in [1.29, 1.82) is 0 Å². The summed E-state index contributed by atoms with van der Waals surface area (Å²) < 4.78 is 5.64. The molecule has 0 spiro atoms. The molecule has 4 heteroatoms. The second-order valence-corrected chi connectivity index (χ2v) is 8.12. The van der Waals surface area contributed by atoms with Gasteiger partial charge in [0.1, 0.15) is 0 Å². The van der Waals surface area contributed by atoms with Crippen LogP contribution in [0, 0.1) is 11.8 Å². The first-order valence-electron chi connectivity index (χ1n) is 8.38. The van der Waals surface area contributed by atoms with E-state index in [1.807, 2.05) is 12.2 Å². The van der Waals surface area contributed by atoms with Crippen LogP contribution >= 0.6 is 31.9 Å². The molecule has 0 atom stereocenters. The summed E-state index contributed by atoms with van der Waals surface area (Å²) in [5, 5.41) is 0. The van der Waals surface area contributed by atoms with Crippen LogP contribution < -0.4 is 0 Å². The predicted octanol–water partition coefficient (Wildman–Crippen LogP) is 6.64. The molecule has 23 heavy (non-hydrogen) atoms. The summed E-state index contributed by atoms with van der Waals surface area (Å²) in [5.41, 5.74) is 0. The van der Waals surface area contributed by atoms with Gasteiger partial charge in [-0.3, -0.25) is 4.79 Å². The molecule has 0 rings (SSSR count). The lowest BCUT2D eigenvalue weighted by Gasteiger charge is -1.98. The van der Waals surface area contributed by atoms with Gasteiger partial charge in [-0.25, -0.2) is 0 Å². The van der Waals surface area contributed by atoms with Crippen LogP contribution in [0.15, 0.2) is 21.6 Å². The molecule has 0 aliphatic rings. The summed E-state index contributed by atoms with van der Waals surface area (Å²) >= 11 is 6.73. The van der Waals surface area contributed by atoms with Crippen LogP contribution in [0.5, 0.6) is 0 Å². The third-order valence-electron chi connectivity index (χ3n) is 3.34. The number of methoxy groups -OCH3 is 1. The highest BCUT2D eigenvalue weighted by Gasteiger charge is 1.96. The van der Waals surface area contributed by atoms with Crippen LogP contribution in [0.4, 0.5) is 0 Å². The van der Waals surface area contributed by atoms with Crippen LogP contribution in [0.3, 0.4) is 0 Å². The number of rotatable bonds is 12. The van der Waals surface area contributed by atoms with Crippen molar-refractivity contribution in [1.82, 2.24) is 0 Å². The molecule has 0 bridgehead atoms. The second-order valence-electron chi connectivity index (χ2n) is 5.35. The lowest BCUT2D eigenvalue weighted by molar-refractivity contribution is -0.140. The largest absolute Gasteiger partial charge is 0.469 e. The number of hydrogen-bond donors (Lipinski definition) is 0. The average molecular weight is 448 g/mol. The molecule has 0 heterocycles. The van der Waals surface area contributed by atoms with Crippen molar-refractivity contribution < 1.29 is 9.53 Å². The van der Waals surface area contributed by atoms with E-state index >= 15 is 0 Å². The summed E-state index contributed by atoms with van der Waals surface area (Å²) in [6.07, 6.45) is 18.1. The molecule has 0 N–H and O–H groups in total. The summed E-state index contributed by atoms with van der Waals surface area (Å²) in [6.45, 7) is 0. The zero-order valence-corrected chi connectivity index (χ0v) is 17.3. The lowest BCUT2D eigenvalue weighted by Crippen LogP contribution is -1.98. The van der Waals surface area contributed by atoms with Crippen LogP contribution in [-0.4, -0.2) is 13.1 Å². The van der Waals surface area contributed by atoms with Gasteiger partial charge in [0, 0.05) is 12.8 Å². The quantitative estimate of drug-likeness (QED) is 0.190. The molecular weight excluding hydrogens is 420 g/mol. The third kappa shape index (κ3) is 19.4. The van der Waals surface area contributed by atoms with Crippen LogP contribution in [0.25, 0.3) is 0 Å². The van der Waals surface area contributed by atoms with Crippen molar-refractivity contribution in [2.45, 2.75) is 70.6 Å². The second kappa shape index (κ2) is 17.8. The summed E-state index contributed by atoms with van der Waals surface area (Å²) in [7, 11) is 1.42. The highest BCUT2D eigenvalue weighted by molar-refractivity contribution is 9.28. The number of carbonyl (C=O) groups is 1. The highest BCUT2D eigenvalue weighted by Crippen LogP contribution is 2.15. The first kappa shape index (κ1) is 22.5. The van der Waals surface area contributed by atoms with E-state index < -0.39 is 0 Å². The monoisotopic (exact) mass is 446 g/mol. The minimum absolute atomic E-state index is 0.142. The normalized spacial score (nSPS) is 10.2. The van der Waals surface area contributed by atoms with E-state index in [1.165, 1.54) is 45.6 Å². The Kier molecular flexibility index (Phi) is 17.4. The van der Waals surface area contributed by atoms with Gasteiger partial charge in [0.25, 0.3) is 0 Å². The zero-order chi connectivity index (χ0) is 17.2. The molecule has 0 saturated heterocycles. The van der Waals surface area contributed by atoms with Gasteiger partial charge in [0.2, 0.25) is 0 Å². The molecule has 0 radical (unpaired) electrons. The van der Waals surface area contributed by atoms with Gasteiger partial charge in [-0.15, -0.1) is 0 Å². The molecule has 130 valence electrons. The van der Waals surface area contributed by atoms with Crippen LogP contribution in [0.1, 0.15) is 70.6 Å². The number of unbranched alkanes of at least 4 members (excludes halogenated alkanes) is 8. The molecule has 0 aromatic heterocycles. The van der Waals surface area contributed by atoms with Crippen molar-refractivity contribution in [3.05, 3.63) is 21.6 Å². The van der Waals surface area contributed by atoms with Gasteiger partial charge in [0.05, 0.1) is 10.5 Å². The Morgan fingerprint density at radius 3 is 2.39 bits per heavy atom. The molecule has 2 nitrogen and oxygen atoms in total. The Bertz CT molecular complexity index is 413. The predicted molar refractivity (Wildman–Crippen MR) is 106 cm³/mol. The topological polar surface area (TPSA) is 26.3 Å². The first-order valence-corrected chi connectivity index (χ1v) is 9.96. The Hall–Kier alpha value is -0.530. The molecule has 0 aliphatic carbocycles. The molecule has 0 aromatic carbocycles. The molecule has 0 aliphatic heterocycles. The molecule has 0 saturated carbocycles. The third-order valence-corrected chi connectivity index (χ3v) is 3.98. The Morgan fingerprint density at radius 2 is 1.70 bits per heavy atom. The Labute approximate surface area is 158 Å². The number of esters is 1. The lowest BCUT2D eigenvalue weighted by atomic mass is 10.1. The van der Waals surface area contributed by atoms with Crippen LogP contribution in [0.2, 0.25) is 0 Å². The molecule has 0 amide bonds. The average Bonchev–Trinajstić information content (AvgIpc) is 2.53. The summed E-state index contributed by atoms with van der Waals surface area (Å²) in [6, 6.07) is 0. The van der Waals surface area contributed by atoms with Gasteiger partial charge in [0.15, 0.2) is 0 Å². The van der Waals surface area contributed by atoms with E-state index in [2.05, 4.69) is 54.5 Å². The van der Waals surface area contributed by atoms with E-state index in [0.29, 0.717) is 6.42 Å². The standard InChI is InChI=1S/C19H28Br2O2/c1-23-19(22)17-15-13-11-9-7-5-3-2-4-6-8-10-12-14-16-18(20)21/h9,11,16H,2-4,6,8,10,12-15,17H2,1H3/b11-9-. The van der Waals surface area contributed by atoms with Crippen molar-refractivity contribution in [2.75, 3.05) is 7.11 Å². The van der Waals surface area contributed by atoms with E-state index in [-0.39, 0.29) is 5.97 Å². The molecule has 0 fully saturated rings. The minimum atomic E-state index is -0.142. The fourth-order valence-corrected chi connectivity index (χ4v) is 2.47. The van der Waals surface area contributed by atoms with E-state index in [1.54, 1.807) is 0 Å². The van der Waals surface area contributed by atoms with Crippen molar-refractivity contribution >= 4 is 37.8 Å². The molecule has 0 aromatic rings. The van der Waals surface area contributed by atoms with E-state index in [4.69, 9.17) is 0 Å². The maximum absolute atomic E-state index is 10.9. The van der Waals surface area contributed by atoms with Crippen LogP contribution in [-0.2, 0) is 9.53 Å². The number of halogens is 2. The van der Waals surface area contributed by atoms with Crippen molar-refractivity contribution in [2.24, 2.45) is 0 Å². The highest BCUT2D eigenvalue weighted by atomic mass is 79.9. The summed E-state index contributed by atoms with van der Waals surface area (Å²) in [4.78, 5) is 10.9. The first-order chi connectivity index (χ1) is 11.2. The SMILES string of the molecule is COC(=O)CCC/C=C\C#CCCCCCCCCC=C(Br)Br. The number of allylic oxidation sites excluding steroid dienone is 3. The number of hydrogen-bond acceptors (Lipinski definition) is 2. The van der Waals surface area contributed by atoms with Crippen molar-refractivity contribution in [3.63, 3.8) is 0 Å². The van der Waals surface area contributed by atoms with Gasteiger partial charge in [-0.05, 0) is 70.0 Å². The molecular formula is C19H28Br2O2. The van der Waals surface area contributed by atoms with Gasteiger partial charge >= 0.3 is 5.97 Å². The van der Waals surface area contributed by atoms with E-state index in [0.717, 1.165) is 29.1 Å². The van der Waals surface area contributed by atoms with Crippen molar-refractivity contribution in [3.8, 4) is 11.8 Å². The fourth-order valence-electron chi connectivity index (χ4n) is 2.02. The summed E-state index contributed by atoms with van der Waals surface area (Å²) in [5.74, 6) is 6.09. The van der Waals surface area contributed by atoms with Gasteiger partial charge in [-0.1, -0.05) is 49.7 Å². The fraction of sp³-hybridized carbons (Fsp3) is 0.632. The number of carbonyl (C=O) groups excluding carboxylic acids is 1. The van der Waals surface area contributed by atoms with Gasteiger partial charge < -0.3 is 4.74 Å². The molecule has 0 unspecified atom stereocenters. The Balaban J connectivity index is 3.32. The van der Waals surface area contributed by atoms with Gasteiger partial charge in [-0.2, -0.15) is 0 Å². The zero-order valence-electron chi connectivity index (χ0n) is 14.1. The van der Waals surface area contributed by atoms with E-state index in [9.17, 15) is 4.79 Å². The number of ether oxygens (including phenoxy) is 1. The smallest absolute Gasteiger partial charge is 0.305 e. The Morgan fingerprint density at radius 1 is 1.00 bits per heavy atom.